The Kier molecular flexibility index (Phi) is 6.80. The maximum absolute atomic E-state index is 12.5. The highest BCUT2D eigenvalue weighted by atomic mass is 32.1. The van der Waals surface area contributed by atoms with Gasteiger partial charge in [-0.05, 0) is 47.0 Å². The van der Waals surface area contributed by atoms with Crippen LogP contribution in [0.4, 0.5) is 5.69 Å². The lowest BCUT2D eigenvalue weighted by molar-refractivity contribution is -0.115. The van der Waals surface area contributed by atoms with Crippen molar-refractivity contribution in [2.24, 2.45) is 0 Å². The fraction of sp³-hybridized carbons (Fsp3) is 0.261. The summed E-state index contributed by atoms with van der Waals surface area (Å²) in [5.41, 5.74) is 4.54. The summed E-state index contributed by atoms with van der Waals surface area (Å²) in [7, 11) is 0. The largest absolute Gasteiger partial charge is 0.325 e. The lowest BCUT2D eigenvalue weighted by Crippen LogP contribution is -2.31. The third-order valence-electron chi connectivity index (χ3n) is 4.69. The Balaban J connectivity index is 1.70. The molecule has 140 valence electrons. The van der Waals surface area contributed by atoms with Crippen LogP contribution in [0.5, 0.6) is 0 Å². The Bertz CT molecular complexity index is 856. The molecule has 4 heteroatoms. The summed E-state index contributed by atoms with van der Waals surface area (Å²) >= 11 is 1.70. The fourth-order valence-electron chi connectivity index (χ4n) is 3.12. The topological polar surface area (TPSA) is 41.1 Å². The molecule has 0 radical (unpaired) electrons. The second-order valence-corrected chi connectivity index (χ2v) is 7.46. The van der Waals surface area contributed by atoms with Gasteiger partial charge in [-0.2, -0.15) is 0 Å². The number of nitrogens with one attached hydrogen (secondary N) is 2. The van der Waals surface area contributed by atoms with Crippen molar-refractivity contribution in [1.82, 2.24) is 5.32 Å². The summed E-state index contributed by atoms with van der Waals surface area (Å²) in [6.45, 7) is 4.51. The molecular formula is C23H26N2OS. The maximum Gasteiger partial charge on any atom is 0.238 e. The van der Waals surface area contributed by atoms with Crippen molar-refractivity contribution in [3.63, 3.8) is 0 Å². The van der Waals surface area contributed by atoms with Crippen molar-refractivity contribution in [3.05, 3.63) is 87.6 Å². The molecule has 0 aliphatic heterocycles. The van der Waals surface area contributed by atoms with Gasteiger partial charge in [-0.1, -0.05) is 62.4 Å². The monoisotopic (exact) mass is 378 g/mol. The van der Waals surface area contributed by atoms with Crippen molar-refractivity contribution in [2.75, 3.05) is 11.9 Å². The summed E-state index contributed by atoms with van der Waals surface area (Å²) in [5.74, 6) is -0.0253. The number of anilines is 1. The van der Waals surface area contributed by atoms with Gasteiger partial charge in [0.15, 0.2) is 0 Å². The average Bonchev–Trinajstić information content (AvgIpc) is 3.23. The standard InChI is InChI=1S/C23H26N2OS/c1-3-17-11-13-19(14-12-17)23(21-10-7-15-27-21)24-16-22(26)25-20-9-6-5-8-18(20)4-2/h5-15,23-24H,3-4,16H2,1-2H3,(H,25,26). The van der Waals surface area contributed by atoms with Crippen LogP contribution in [0.25, 0.3) is 0 Å². The number of carbonyl (C=O) groups excluding carboxylic acids is 1. The molecule has 3 nitrogen and oxygen atoms in total. The van der Waals surface area contributed by atoms with E-state index in [0.717, 1.165) is 24.1 Å². The second-order valence-electron chi connectivity index (χ2n) is 6.48. The molecule has 3 rings (SSSR count). The molecule has 0 saturated heterocycles. The molecule has 1 atom stereocenters. The quantitative estimate of drug-likeness (QED) is 0.566. The minimum absolute atomic E-state index is 0.0167. The SMILES string of the molecule is CCc1ccc(C(NCC(=O)Nc2ccccc2CC)c2cccs2)cc1. The number of carbonyl (C=O) groups is 1. The molecule has 27 heavy (non-hydrogen) atoms. The zero-order chi connectivity index (χ0) is 19.1. The van der Waals surface area contributed by atoms with Crippen LogP contribution < -0.4 is 10.6 Å². The summed E-state index contributed by atoms with van der Waals surface area (Å²) < 4.78 is 0. The first-order valence-electron chi connectivity index (χ1n) is 9.44. The van der Waals surface area contributed by atoms with E-state index >= 15 is 0 Å². The Hall–Kier alpha value is -2.43. The lowest BCUT2D eigenvalue weighted by atomic mass is 10.0. The number of thiophene rings is 1. The van der Waals surface area contributed by atoms with E-state index in [0.29, 0.717) is 0 Å². The average molecular weight is 379 g/mol. The molecule has 0 aliphatic carbocycles. The maximum atomic E-state index is 12.5. The Morgan fingerprint density at radius 3 is 2.41 bits per heavy atom. The first-order chi connectivity index (χ1) is 13.2. The molecule has 0 fully saturated rings. The smallest absolute Gasteiger partial charge is 0.238 e. The fourth-order valence-corrected chi connectivity index (χ4v) is 3.95. The van der Waals surface area contributed by atoms with Crippen LogP contribution in [0.3, 0.4) is 0 Å². The summed E-state index contributed by atoms with van der Waals surface area (Å²) in [5, 5.41) is 8.54. The summed E-state index contributed by atoms with van der Waals surface area (Å²) in [4.78, 5) is 13.7. The van der Waals surface area contributed by atoms with Gasteiger partial charge in [0.25, 0.3) is 0 Å². The number of benzene rings is 2. The first-order valence-corrected chi connectivity index (χ1v) is 10.3. The van der Waals surface area contributed by atoms with E-state index in [2.05, 4.69) is 60.2 Å². The minimum atomic E-state index is -0.0253. The number of para-hydroxylation sites is 1. The van der Waals surface area contributed by atoms with E-state index in [4.69, 9.17) is 0 Å². The van der Waals surface area contributed by atoms with Crippen LogP contribution in [0, 0.1) is 0 Å². The van der Waals surface area contributed by atoms with Crippen LogP contribution in [0.2, 0.25) is 0 Å². The lowest BCUT2D eigenvalue weighted by Gasteiger charge is -2.19. The van der Waals surface area contributed by atoms with Crippen LogP contribution >= 0.6 is 11.3 Å². The van der Waals surface area contributed by atoms with Crippen molar-refractivity contribution in [1.29, 1.82) is 0 Å². The Labute approximate surface area is 165 Å². The number of hydrogen-bond donors (Lipinski definition) is 2. The molecule has 0 spiro atoms. The number of aryl methyl sites for hydroxylation is 2. The van der Waals surface area contributed by atoms with Crippen molar-refractivity contribution < 1.29 is 4.79 Å². The van der Waals surface area contributed by atoms with E-state index in [1.54, 1.807) is 11.3 Å². The van der Waals surface area contributed by atoms with Gasteiger partial charge in [0.05, 0.1) is 12.6 Å². The van der Waals surface area contributed by atoms with Crippen molar-refractivity contribution >= 4 is 22.9 Å². The Morgan fingerprint density at radius 2 is 1.74 bits per heavy atom. The molecule has 0 bridgehead atoms. The molecule has 1 amide bonds. The Morgan fingerprint density at radius 1 is 0.963 bits per heavy atom. The van der Waals surface area contributed by atoms with Gasteiger partial charge in [-0.3, -0.25) is 10.1 Å². The van der Waals surface area contributed by atoms with Crippen LogP contribution in [-0.2, 0) is 17.6 Å². The van der Waals surface area contributed by atoms with Crippen molar-refractivity contribution in [3.8, 4) is 0 Å². The van der Waals surface area contributed by atoms with Gasteiger partial charge in [0.2, 0.25) is 5.91 Å². The predicted octanol–water partition coefficient (Wildman–Crippen LogP) is 5.19. The second kappa shape index (κ2) is 9.49. The van der Waals surface area contributed by atoms with Gasteiger partial charge >= 0.3 is 0 Å². The molecule has 3 aromatic rings. The minimum Gasteiger partial charge on any atom is -0.325 e. The van der Waals surface area contributed by atoms with Gasteiger partial charge in [-0.15, -0.1) is 11.3 Å². The van der Waals surface area contributed by atoms with Crippen LogP contribution in [0.15, 0.2) is 66.0 Å². The molecule has 0 aliphatic rings. The molecule has 1 heterocycles. The molecule has 0 saturated carbocycles. The van der Waals surface area contributed by atoms with Gasteiger partial charge in [-0.25, -0.2) is 0 Å². The third kappa shape index (κ3) is 5.06. The molecule has 1 unspecified atom stereocenters. The zero-order valence-electron chi connectivity index (χ0n) is 15.9. The normalized spacial score (nSPS) is 11.9. The number of hydrogen-bond acceptors (Lipinski definition) is 3. The van der Waals surface area contributed by atoms with Gasteiger partial charge < -0.3 is 5.32 Å². The first kappa shape index (κ1) is 19.3. The summed E-state index contributed by atoms with van der Waals surface area (Å²) in [6.07, 6.45) is 1.92. The number of amides is 1. The van der Waals surface area contributed by atoms with Gasteiger partial charge in [0, 0.05) is 10.6 Å². The third-order valence-corrected chi connectivity index (χ3v) is 5.63. The highest BCUT2D eigenvalue weighted by Gasteiger charge is 2.16. The van der Waals surface area contributed by atoms with E-state index in [9.17, 15) is 4.79 Å². The van der Waals surface area contributed by atoms with E-state index < -0.39 is 0 Å². The predicted molar refractivity (Wildman–Crippen MR) is 114 cm³/mol. The van der Waals surface area contributed by atoms with Crippen molar-refractivity contribution in [2.45, 2.75) is 32.7 Å². The van der Waals surface area contributed by atoms with Crippen LogP contribution in [-0.4, -0.2) is 12.5 Å². The van der Waals surface area contributed by atoms with E-state index in [1.165, 1.54) is 16.0 Å². The summed E-state index contributed by atoms with van der Waals surface area (Å²) in [6, 6.07) is 20.8. The van der Waals surface area contributed by atoms with Crippen LogP contribution in [0.1, 0.15) is 41.5 Å². The highest BCUT2D eigenvalue weighted by molar-refractivity contribution is 7.10. The molecule has 1 aromatic heterocycles. The van der Waals surface area contributed by atoms with Gasteiger partial charge in [0.1, 0.15) is 0 Å². The highest BCUT2D eigenvalue weighted by Crippen LogP contribution is 2.26. The molecule has 2 aromatic carbocycles. The molecule has 2 N–H and O–H groups in total. The van der Waals surface area contributed by atoms with E-state index in [-0.39, 0.29) is 18.5 Å². The number of rotatable bonds is 8. The molecular weight excluding hydrogens is 352 g/mol. The van der Waals surface area contributed by atoms with E-state index in [1.807, 2.05) is 30.3 Å². The zero-order valence-corrected chi connectivity index (χ0v) is 16.7.